The molecule has 0 bridgehead atoms. The molecule has 0 atom stereocenters. The zero-order chi connectivity index (χ0) is 20.1. The van der Waals surface area contributed by atoms with Crippen LogP contribution in [-0.2, 0) is 9.59 Å². The molecule has 28 heavy (non-hydrogen) atoms. The lowest BCUT2D eigenvalue weighted by Crippen LogP contribution is -2.37. The van der Waals surface area contributed by atoms with Gasteiger partial charge in [-0.25, -0.2) is 0 Å². The second-order valence-electron chi connectivity index (χ2n) is 7.35. The lowest BCUT2D eigenvalue weighted by Gasteiger charge is -2.21. The molecule has 1 fully saturated rings. The van der Waals surface area contributed by atoms with Crippen LogP contribution in [0.15, 0.2) is 46.9 Å². The number of aryl methyl sites for hydroxylation is 2. The minimum atomic E-state index is -0.0486. The minimum Gasteiger partial charge on any atom is -0.325 e. The minimum absolute atomic E-state index is 0.0354. The number of carbonyl (C=O) groups is 2. The van der Waals surface area contributed by atoms with Crippen LogP contribution in [0, 0.1) is 13.8 Å². The highest BCUT2D eigenvalue weighted by atomic mass is 79.9. The van der Waals surface area contributed by atoms with E-state index in [-0.39, 0.29) is 11.8 Å². The molecule has 2 N–H and O–H groups in total. The van der Waals surface area contributed by atoms with Gasteiger partial charge in [0.1, 0.15) is 0 Å². The fourth-order valence-corrected chi connectivity index (χ4v) is 3.48. The van der Waals surface area contributed by atoms with Gasteiger partial charge in [0.2, 0.25) is 11.8 Å². The number of rotatable bonds is 8. The predicted octanol–water partition coefficient (Wildman–Crippen LogP) is 4.50. The van der Waals surface area contributed by atoms with E-state index >= 15 is 0 Å². The van der Waals surface area contributed by atoms with Crippen LogP contribution >= 0.6 is 15.9 Å². The van der Waals surface area contributed by atoms with E-state index in [0.29, 0.717) is 25.6 Å². The van der Waals surface area contributed by atoms with Crippen LogP contribution in [0.5, 0.6) is 0 Å². The standard InChI is InChI=1S/C22H26BrN3O2/c1-15-7-8-16(2)20(13-15)25-22(28)14-26(17-9-10-17)12-11-21(27)24-19-6-4-3-5-18(19)23/h3-8,13,17H,9-12,14H2,1-2H3,(H,24,27)(H,25,28). The van der Waals surface area contributed by atoms with Gasteiger partial charge >= 0.3 is 0 Å². The Morgan fingerprint density at radius 3 is 2.46 bits per heavy atom. The van der Waals surface area contributed by atoms with E-state index in [1.165, 1.54) is 0 Å². The van der Waals surface area contributed by atoms with Crippen molar-refractivity contribution in [3.63, 3.8) is 0 Å². The summed E-state index contributed by atoms with van der Waals surface area (Å²) in [6.07, 6.45) is 2.53. The Morgan fingerprint density at radius 1 is 1.04 bits per heavy atom. The molecular weight excluding hydrogens is 418 g/mol. The topological polar surface area (TPSA) is 61.4 Å². The van der Waals surface area contributed by atoms with Gasteiger partial charge in [0, 0.05) is 29.2 Å². The molecule has 1 aliphatic carbocycles. The average Bonchev–Trinajstić information content (AvgIpc) is 3.49. The predicted molar refractivity (Wildman–Crippen MR) is 117 cm³/mol. The second-order valence-corrected chi connectivity index (χ2v) is 8.20. The second kappa shape index (κ2) is 9.34. The molecule has 3 rings (SSSR count). The van der Waals surface area contributed by atoms with Crippen molar-refractivity contribution >= 4 is 39.1 Å². The van der Waals surface area contributed by atoms with Crippen LogP contribution in [0.2, 0.25) is 0 Å². The summed E-state index contributed by atoms with van der Waals surface area (Å²) in [6, 6.07) is 14.0. The Hall–Kier alpha value is -2.18. The third-order valence-electron chi connectivity index (χ3n) is 4.85. The van der Waals surface area contributed by atoms with E-state index in [2.05, 4.69) is 31.5 Å². The summed E-state index contributed by atoms with van der Waals surface area (Å²) in [5, 5.41) is 5.93. The number of nitrogens with one attached hydrogen (secondary N) is 2. The van der Waals surface area contributed by atoms with E-state index in [9.17, 15) is 9.59 Å². The van der Waals surface area contributed by atoms with Crippen LogP contribution < -0.4 is 10.6 Å². The fraction of sp³-hybridized carbons (Fsp3) is 0.364. The molecule has 0 unspecified atom stereocenters. The Balaban J connectivity index is 1.52. The molecule has 0 spiro atoms. The monoisotopic (exact) mass is 443 g/mol. The van der Waals surface area contributed by atoms with E-state index < -0.39 is 0 Å². The number of carbonyl (C=O) groups excluding carboxylic acids is 2. The van der Waals surface area contributed by atoms with Gasteiger partial charge in [0.15, 0.2) is 0 Å². The van der Waals surface area contributed by atoms with E-state index in [1.54, 1.807) is 0 Å². The van der Waals surface area contributed by atoms with Crippen LogP contribution in [0.3, 0.4) is 0 Å². The number of amides is 2. The fourth-order valence-electron chi connectivity index (χ4n) is 3.10. The molecule has 2 aromatic rings. The molecule has 0 aromatic heterocycles. The first-order chi connectivity index (χ1) is 13.4. The summed E-state index contributed by atoms with van der Waals surface area (Å²) >= 11 is 3.44. The van der Waals surface area contributed by atoms with Gasteiger partial charge in [-0.15, -0.1) is 0 Å². The average molecular weight is 444 g/mol. The maximum atomic E-state index is 12.5. The van der Waals surface area contributed by atoms with Crippen molar-refractivity contribution in [1.29, 1.82) is 0 Å². The first kappa shape index (κ1) is 20.6. The first-order valence-corrected chi connectivity index (χ1v) is 10.4. The summed E-state index contributed by atoms with van der Waals surface area (Å²) in [5.74, 6) is -0.0840. The SMILES string of the molecule is Cc1ccc(C)c(NC(=O)CN(CCC(=O)Nc2ccccc2Br)C2CC2)c1. The van der Waals surface area contributed by atoms with Gasteiger partial charge in [-0.2, -0.15) is 0 Å². The highest BCUT2D eigenvalue weighted by molar-refractivity contribution is 9.10. The van der Waals surface area contributed by atoms with Crippen molar-refractivity contribution in [2.75, 3.05) is 23.7 Å². The third kappa shape index (κ3) is 5.91. The van der Waals surface area contributed by atoms with Gasteiger partial charge in [-0.05, 0) is 71.9 Å². The summed E-state index contributed by atoms with van der Waals surface area (Å²) in [5.41, 5.74) is 3.78. The number of nitrogens with zero attached hydrogens (tertiary/aromatic N) is 1. The molecule has 1 saturated carbocycles. The molecule has 0 aliphatic heterocycles. The van der Waals surface area contributed by atoms with Crippen molar-refractivity contribution in [3.05, 3.63) is 58.1 Å². The molecule has 148 valence electrons. The first-order valence-electron chi connectivity index (χ1n) is 9.58. The molecule has 0 heterocycles. The molecule has 2 amide bonds. The van der Waals surface area contributed by atoms with Gasteiger partial charge in [0.05, 0.1) is 12.2 Å². The highest BCUT2D eigenvalue weighted by Crippen LogP contribution is 2.27. The molecule has 1 aliphatic rings. The Kier molecular flexibility index (Phi) is 6.86. The molecule has 6 heteroatoms. The van der Waals surface area contributed by atoms with Gasteiger partial charge < -0.3 is 10.6 Å². The third-order valence-corrected chi connectivity index (χ3v) is 5.54. The zero-order valence-corrected chi connectivity index (χ0v) is 17.9. The Labute approximate surface area is 174 Å². The number of anilines is 2. The van der Waals surface area contributed by atoms with E-state index in [0.717, 1.165) is 39.8 Å². The molecular formula is C22H26BrN3O2. The van der Waals surface area contributed by atoms with Gasteiger partial charge in [0.25, 0.3) is 0 Å². The summed E-state index contributed by atoms with van der Waals surface area (Å²) in [6.45, 7) is 4.87. The quantitative estimate of drug-likeness (QED) is 0.631. The lowest BCUT2D eigenvalue weighted by molar-refractivity contribution is -0.119. The zero-order valence-electron chi connectivity index (χ0n) is 16.3. The summed E-state index contributed by atoms with van der Waals surface area (Å²) < 4.78 is 0.857. The highest BCUT2D eigenvalue weighted by Gasteiger charge is 2.30. The number of benzene rings is 2. The smallest absolute Gasteiger partial charge is 0.238 e. The Morgan fingerprint density at radius 2 is 1.75 bits per heavy atom. The molecule has 0 radical (unpaired) electrons. The van der Waals surface area contributed by atoms with Crippen LogP contribution in [0.25, 0.3) is 0 Å². The van der Waals surface area contributed by atoms with Crippen molar-refractivity contribution in [1.82, 2.24) is 4.90 Å². The number of hydrogen-bond acceptors (Lipinski definition) is 3. The van der Waals surface area contributed by atoms with Crippen molar-refractivity contribution in [2.24, 2.45) is 0 Å². The van der Waals surface area contributed by atoms with Crippen molar-refractivity contribution in [2.45, 2.75) is 39.2 Å². The van der Waals surface area contributed by atoms with Crippen LogP contribution in [-0.4, -0.2) is 35.8 Å². The van der Waals surface area contributed by atoms with Gasteiger partial charge in [-0.1, -0.05) is 24.3 Å². The number of halogens is 1. The van der Waals surface area contributed by atoms with Gasteiger partial charge in [-0.3, -0.25) is 14.5 Å². The number of para-hydroxylation sites is 1. The van der Waals surface area contributed by atoms with Crippen molar-refractivity contribution < 1.29 is 9.59 Å². The maximum Gasteiger partial charge on any atom is 0.238 e. The summed E-state index contributed by atoms with van der Waals surface area (Å²) in [4.78, 5) is 27.0. The molecule has 2 aromatic carbocycles. The van der Waals surface area contributed by atoms with Crippen molar-refractivity contribution in [3.8, 4) is 0 Å². The maximum absolute atomic E-state index is 12.5. The summed E-state index contributed by atoms with van der Waals surface area (Å²) in [7, 11) is 0. The largest absolute Gasteiger partial charge is 0.325 e. The molecule has 0 saturated heterocycles. The molecule has 5 nitrogen and oxygen atoms in total. The van der Waals surface area contributed by atoms with E-state index in [1.807, 2.05) is 56.3 Å². The van der Waals surface area contributed by atoms with Crippen LogP contribution in [0.1, 0.15) is 30.4 Å². The van der Waals surface area contributed by atoms with Crippen LogP contribution in [0.4, 0.5) is 11.4 Å². The number of hydrogen-bond donors (Lipinski definition) is 2. The normalized spacial score (nSPS) is 13.4. The van der Waals surface area contributed by atoms with E-state index in [4.69, 9.17) is 0 Å². The lowest BCUT2D eigenvalue weighted by atomic mass is 10.1. The Bertz CT molecular complexity index is 865.